The Kier molecular flexibility index (Phi) is 5.55. The van der Waals surface area contributed by atoms with Gasteiger partial charge in [-0.3, -0.25) is 0 Å². The van der Waals surface area contributed by atoms with E-state index in [9.17, 15) is 8.42 Å². The van der Waals surface area contributed by atoms with Crippen molar-refractivity contribution in [3.05, 3.63) is 15.4 Å². The van der Waals surface area contributed by atoms with E-state index in [1.165, 1.54) is 24.2 Å². The first-order valence-electron chi connectivity index (χ1n) is 7.50. The number of nitrogens with one attached hydrogen (secondary N) is 1. The minimum Gasteiger partial charge on any atom is -0.210 e. The molecule has 0 atom stereocenters. The maximum absolute atomic E-state index is 12.5. The van der Waals surface area contributed by atoms with Gasteiger partial charge in [0.25, 0.3) is 0 Å². The van der Waals surface area contributed by atoms with E-state index < -0.39 is 10.0 Å². The van der Waals surface area contributed by atoms with E-state index in [1.54, 1.807) is 6.07 Å². The van der Waals surface area contributed by atoms with Crippen LogP contribution in [0.2, 0.25) is 0 Å². The van der Waals surface area contributed by atoms with E-state index >= 15 is 0 Å². The van der Waals surface area contributed by atoms with Crippen LogP contribution >= 0.6 is 27.3 Å². The molecule has 6 heteroatoms. The van der Waals surface area contributed by atoms with E-state index in [2.05, 4.69) is 34.5 Å². The zero-order valence-electron chi connectivity index (χ0n) is 12.9. The first kappa shape index (κ1) is 17.4. The van der Waals surface area contributed by atoms with Crippen LogP contribution in [0.5, 0.6) is 0 Å². The molecule has 1 saturated carbocycles. The first-order chi connectivity index (χ1) is 9.74. The third-order valence-electron chi connectivity index (χ3n) is 4.24. The van der Waals surface area contributed by atoms with Gasteiger partial charge in [0.2, 0.25) is 10.0 Å². The van der Waals surface area contributed by atoms with Crippen LogP contribution in [0.25, 0.3) is 0 Å². The van der Waals surface area contributed by atoms with Crippen molar-refractivity contribution >= 4 is 37.3 Å². The molecule has 21 heavy (non-hydrogen) atoms. The standard InChI is InChI=1S/C15H24BrNO2S2/c1-11(2)9-15(6-4-5-7-15)10-17-21(18,19)13-8-12(3)14(16)20-13/h8,11,17H,4-7,9-10H2,1-3H3. The summed E-state index contributed by atoms with van der Waals surface area (Å²) in [4.78, 5) is 0. The maximum Gasteiger partial charge on any atom is 0.250 e. The number of thiophene rings is 1. The Labute approximate surface area is 140 Å². The van der Waals surface area contributed by atoms with Crippen molar-refractivity contribution in [2.24, 2.45) is 11.3 Å². The first-order valence-corrected chi connectivity index (χ1v) is 10.6. The largest absolute Gasteiger partial charge is 0.250 e. The fourth-order valence-electron chi connectivity index (χ4n) is 3.33. The molecule has 1 aliphatic carbocycles. The zero-order valence-corrected chi connectivity index (χ0v) is 16.1. The predicted octanol–water partition coefficient (Wildman–Crippen LogP) is 4.70. The van der Waals surface area contributed by atoms with Crippen molar-refractivity contribution in [1.82, 2.24) is 4.72 Å². The molecule has 1 aromatic rings. The van der Waals surface area contributed by atoms with E-state index in [-0.39, 0.29) is 5.41 Å². The topological polar surface area (TPSA) is 46.2 Å². The van der Waals surface area contributed by atoms with Gasteiger partial charge < -0.3 is 0 Å². The summed E-state index contributed by atoms with van der Waals surface area (Å²) in [6, 6.07) is 1.74. The fourth-order valence-corrected chi connectivity index (χ4v) is 6.75. The summed E-state index contributed by atoms with van der Waals surface area (Å²) in [5.41, 5.74) is 1.13. The molecule has 0 radical (unpaired) electrons. The molecule has 0 bridgehead atoms. The number of rotatable bonds is 6. The summed E-state index contributed by atoms with van der Waals surface area (Å²) >= 11 is 4.68. The number of halogens is 1. The summed E-state index contributed by atoms with van der Waals surface area (Å²) in [6.45, 7) is 6.92. The molecule has 0 spiro atoms. The Hall–Kier alpha value is 0.0900. The van der Waals surface area contributed by atoms with Gasteiger partial charge in [-0.1, -0.05) is 26.7 Å². The lowest BCUT2D eigenvalue weighted by molar-refractivity contribution is 0.236. The van der Waals surface area contributed by atoms with Crippen LogP contribution in [-0.4, -0.2) is 15.0 Å². The van der Waals surface area contributed by atoms with Crippen LogP contribution in [-0.2, 0) is 10.0 Å². The van der Waals surface area contributed by atoms with Gasteiger partial charge in [0.15, 0.2) is 0 Å². The smallest absolute Gasteiger partial charge is 0.210 e. The van der Waals surface area contributed by atoms with E-state index in [4.69, 9.17) is 0 Å². The van der Waals surface area contributed by atoms with Crippen molar-refractivity contribution in [3.8, 4) is 0 Å². The summed E-state index contributed by atoms with van der Waals surface area (Å²) in [5, 5.41) is 0. The van der Waals surface area contributed by atoms with Crippen molar-refractivity contribution in [3.63, 3.8) is 0 Å². The molecule has 0 unspecified atom stereocenters. The fraction of sp³-hybridized carbons (Fsp3) is 0.733. The highest BCUT2D eigenvalue weighted by Gasteiger charge is 2.35. The molecule has 1 heterocycles. The Bertz CT molecular complexity index is 567. The Morgan fingerprint density at radius 3 is 2.48 bits per heavy atom. The lowest BCUT2D eigenvalue weighted by Crippen LogP contribution is -2.36. The van der Waals surface area contributed by atoms with E-state index in [0.29, 0.717) is 16.7 Å². The summed E-state index contributed by atoms with van der Waals surface area (Å²) in [7, 11) is -3.38. The number of aryl methyl sites for hydroxylation is 1. The second-order valence-electron chi connectivity index (χ2n) is 6.65. The maximum atomic E-state index is 12.5. The highest BCUT2D eigenvalue weighted by atomic mass is 79.9. The van der Waals surface area contributed by atoms with E-state index in [1.807, 2.05) is 6.92 Å². The van der Waals surface area contributed by atoms with Gasteiger partial charge in [0.1, 0.15) is 4.21 Å². The van der Waals surface area contributed by atoms with Gasteiger partial charge in [-0.2, -0.15) is 0 Å². The molecule has 1 aliphatic rings. The Morgan fingerprint density at radius 2 is 2.00 bits per heavy atom. The molecule has 2 rings (SSSR count). The SMILES string of the molecule is Cc1cc(S(=O)(=O)NCC2(CC(C)C)CCCC2)sc1Br. The number of sulfonamides is 1. The van der Waals surface area contributed by atoms with Gasteiger partial charge in [0.05, 0.1) is 3.79 Å². The number of hydrogen-bond donors (Lipinski definition) is 1. The van der Waals surface area contributed by atoms with Gasteiger partial charge >= 0.3 is 0 Å². The average molecular weight is 394 g/mol. The monoisotopic (exact) mass is 393 g/mol. The average Bonchev–Trinajstić information content (AvgIpc) is 2.96. The zero-order chi connectivity index (χ0) is 15.7. The third-order valence-corrected chi connectivity index (χ3v) is 8.25. The van der Waals surface area contributed by atoms with Gasteiger partial charge in [-0.05, 0) is 65.1 Å². The van der Waals surface area contributed by atoms with Crippen molar-refractivity contribution in [1.29, 1.82) is 0 Å². The van der Waals surface area contributed by atoms with Crippen LogP contribution in [0.3, 0.4) is 0 Å². The van der Waals surface area contributed by atoms with Crippen LogP contribution in [0.1, 0.15) is 51.5 Å². The Balaban J connectivity index is 2.09. The molecule has 0 aliphatic heterocycles. The molecule has 0 aromatic carbocycles. The minimum absolute atomic E-state index is 0.158. The van der Waals surface area contributed by atoms with Gasteiger partial charge in [-0.15, -0.1) is 11.3 Å². The van der Waals surface area contributed by atoms with Crippen LogP contribution in [0.4, 0.5) is 0 Å². The predicted molar refractivity (Wildman–Crippen MR) is 92.3 cm³/mol. The summed E-state index contributed by atoms with van der Waals surface area (Å²) in [6.07, 6.45) is 5.82. The van der Waals surface area contributed by atoms with Gasteiger partial charge in [0, 0.05) is 6.54 Å². The number of hydrogen-bond acceptors (Lipinski definition) is 3. The summed E-state index contributed by atoms with van der Waals surface area (Å²) < 4.78 is 29.1. The molecular formula is C15H24BrNO2S2. The lowest BCUT2D eigenvalue weighted by Gasteiger charge is -2.31. The molecule has 0 amide bonds. The molecule has 0 saturated heterocycles. The highest BCUT2D eigenvalue weighted by Crippen LogP contribution is 2.43. The van der Waals surface area contributed by atoms with Crippen molar-refractivity contribution in [2.45, 2.75) is 57.1 Å². The van der Waals surface area contributed by atoms with Crippen molar-refractivity contribution in [2.75, 3.05) is 6.54 Å². The van der Waals surface area contributed by atoms with Crippen LogP contribution in [0.15, 0.2) is 14.1 Å². The quantitative estimate of drug-likeness (QED) is 0.760. The lowest BCUT2D eigenvalue weighted by atomic mass is 9.79. The summed E-state index contributed by atoms with van der Waals surface area (Å²) in [5.74, 6) is 0.603. The van der Waals surface area contributed by atoms with Crippen LogP contribution in [0, 0.1) is 18.3 Å². The molecular weight excluding hydrogens is 370 g/mol. The second-order valence-corrected chi connectivity index (χ2v) is 11.0. The molecule has 1 aromatic heterocycles. The minimum atomic E-state index is -3.38. The molecule has 1 fully saturated rings. The Morgan fingerprint density at radius 1 is 1.38 bits per heavy atom. The van der Waals surface area contributed by atoms with Gasteiger partial charge in [-0.25, -0.2) is 13.1 Å². The molecule has 1 N–H and O–H groups in total. The van der Waals surface area contributed by atoms with Crippen LogP contribution < -0.4 is 4.72 Å². The molecule has 120 valence electrons. The normalized spacial score (nSPS) is 18.5. The second kappa shape index (κ2) is 6.69. The van der Waals surface area contributed by atoms with E-state index in [0.717, 1.165) is 28.6 Å². The van der Waals surface area contributed by atoms with Crippen molar-refractivity contribution < 1.29 is 8.42 Å². The third kappa shape index (κ3) is 4.30. The molecule has 3 nitrogen and oxygen atoms in total. The highest BCUT2D eigenvalue weighted by molar-refractivity contribution is 9.11.